The van der Waals surface area contributed by atoms with Gasteiger partial charge in [0.15, 0.2) is 0 Å². The van der Waals surface area contributed by atoms with Crippen molar-refractivity contribution in [1.82, 2.24) is 9.21 Å². The SMILES string of the molecule is C=C/C=C1/C[C@@H](CCC(=O)N2CCC(C(=O)O)CC2)CN(S(=O)O)/C1=C/C. The quantitative estimate of drug-likeness (QED) is 0.673. The molecule has 1 unspecified atom stereocenters. The van der Waals surface area contributed by atoms with Crippen molar-refractivity contribution in [3.05, 3.63) is 36.1 Å². The zero-order chi connectivity index (χ0) is 20.0. The van der Waals surface area contributed by atoms with Gasteiger partial charge in [-0.3, -0.25) is 18.4 Å². The monoisotopic (exact) mass is 396 g/mol. The molecule has 2 rings (SSSR count). The van der Waals surface area contributed by atoms with E-state index in [9.17, 15) is 18.4 Å². The lowest BCUT2D eigenvalue weighted by molar-refractivity contribution is -0.145. The van der Waals surface area contributed by atoms with Gasteiger partial charge in [-0.25, -0.2) is 4.21 Å². The van der Waals surface area contributed by atoms with E-state index in [1.165, 1.54) is 4.31 Å². The highest BCUT2D eigenvalue weighted by Crippen LogP contribution is 2.33. The summed E-state index contributed by atoms with van der Waals surface area (Å²) in [7, 11) is 0. The largest absolute Gasteiger partial charge is 0.481 e. The molecule has 0 aromatic carbocycles. The summed E-state index contributed by atoms with van der Waals surface area (Å²) < 4.78 is 22.8. The standard InChI is InChI=1S/C19H28N2O5S/c1-3-5-16-12-14(13-21(27(25)26)17(16)4-2)6-7-18(22)20-10-8-15(9-11-20)19(23)24/h3-5,14-15H,1,6-13H2,2H3,(H,23,24)(H,25,26)/b16-5-,17-4+/t14-/m1/s1. The van der Waals surface area contributed by atoms with Crippen molar-refractivity contribution in [3.63, 3.8) is 0 Å². The van der Waals surface area contributed by atoms with E-state index < -0.39 is 17.2 Å². The van der Waals surface area contributed by atoms with Crippen molar-refractivity contribution in [3.8, 4) is 0 Å². The molecule has 0 bridgehead atoms. The van der Waals surface area contributed by atoms with Crippen LogP contribution in [0.2, 0.25) is 0 Å². The summed E-state index contributed by atoms with van der Waals surface area (Å²) in [5.74, 6) is -1.02. The predicted molar refractivity (Wildman–Crippen MR) is 104 cm³/mol. The Balaban J connectivity index is 1.94. The summed E-state index contributed by atoms with van der Waals surface area (Å²) in [6.45, 7) is 6.93. The van der Waals surface area contributed by atoms with Crippen LogP contribution in [0.25, 0.3) is 0 Å². The summed E-state index contributed by atoms with van der Waals surface area (Å²) in [5.41, 5.74) is 1.68. The van der Waals surface area contributed by atoms with Crippen LogP contribution in [0, 0.1) is 11.8 Å². The van der Waals surface area contributed by atoms with Gasteiger partial charge in [0, 0.05) is 26.1 Å². The summed E-state index contributed by atoms with van der Waals surface area (Å²) >= 11 is -2.12. The molecule has 2 aliphatic heterocycles. The smallest absolute Gasteiger partial charge is 0.306 e. The van der Waals surface area contributed by atoms with Crippen LogP contribution in [0.1, 0.15) is 39.0 Å². The van der Waals surface area contributed by atoms with Gasteiger partial charge < -0.3 is 10.0 Å². The number of piperidine rings is 2. The van der Waals surface area contributed by atoms with Gasteiger partial charge in [0.2, 0.25) is 5.91 Å². The zero-order valence-electron chi connectivity index (χ0n) is 15.7. The minimum absolute atomic E-state index is 0.0293. The first kappa shape index (κ1) is 21.4. The summed E-state index contributed by atoms with van der Waals surface area (Å²) in [4.78, 5) is 25.2. The Morgan fingerprint density at radius 1 is 1.33 bits per heavy atom. The molecule has 150 valence electrons. The molecule has 27 heavy (non-hydrogen) atoms. The topological polar surface area (TPSA) is 98.2 Å². The molecule has 0 aliphatic carbocycles. The maximum Gasteiger partial charge on any atom is 0.306 e. The van der Waals surface area contributed by atoms with Crippen molar-refractivity contribution in [2.45, 2.75) is 39.0 Å². The number of nitrogens with zero attached hydrogens (tertiary/aromatic N) is 2. The maximum atomic E-state index is 12.5. The van der Waals surface area contributed by atoms with E-state index in [-0.39, 0.29) is 17.7 Å². The van der Waals surface area contributed by atoms with Crippen LogP contribution in [0.15, 0.2) is 36.1 Å². The van der Waals surface area contributed by atoms with Crippen molar-refractivity contribution in [1.29, 1.82) is 0 Å². The summed E-state index contributed by atoms with van der Waals surface area (Å²) in [6.07, 6.45) is 8.04. The summed E-state index contributed by atoms with van der Waals surface area (Å²) in [6, 6.07) is 0. The Bertz CT molecular complexity index is 665. The molecule has 2 heterocycles. The molecule has 0 aromatic rings. The molecule has 1 amide bonds. The molecule has 2 atom stereocenters. The van der Waals surface area contributed by atoms with Crippen LogP contribution in [0.4, 0.5) is 0 Å². The van der Waals surface area contributed by atoms with Gasteiger partial charge in [-0.05, 0) is 44.1 Å². The number of amides is 1. The second-order valence-electron chi connectivity index (χ2n) is 7.00. The van der Waals surface area contributed by atoms with E-state index in [4.69, 9.17) is 5.11 Å². The first-order valence-electron chi connectivity index (χ1n) is 9.24. The van der Waals surface area contributed by atoms with Gasteiger partial charge in [0.1, 0.15) is 0 Å². The van der Waals surface area contributed by atoms with E-state index in [1.54, 1.807) is 11.0 Å². The fourth-order valence-electron chi connectivity index (χ4n) is 3.80. The van der Waals surface area contributed by atoms with E-state index in [1.807, 2.05) is 19.1 Å². The van der Waals surface area contributed by atoms with Crippen molar-refractivity contribution < 1.29 is 23.5 Å². The van der Waals surface area contributed by atoms with Crippen LogP contribution >= 0.6 is 0 Å². The molecule has 2 saturated heterocycles. The molecular weight excluding hydrogens is 368 g/mol. The van der Waals surface area contributed by atoms with E-state index in [0.717, 1.165) is 17.7 Å². The Labute approximate surface area is 162 Å². The average Bonchev–Trinajstić information content (AvgIpc) is 2.65. The van der Waals surface area contributed by atoms with Crippen molar-refractivity contribution in [2.24, 2.45) is 11.8 Å². The van der Waals surface area contributed by atoms with Gasteiger partial charge in [-0.2, -0.15) is 0 Å². The predicted octanol–water partition coefficient (Wildman–Crippen LogP) is 2.56. The lowest BCUT2D eigenvalue weighted by atomic mass is 9.88. The van der Waals surface area contributed by atoms with Crippen LogP contribution in [0.3, 0.4) is 0 Å². The van der Waals surface area contributed by atoms with Gasteiger partial charge in [-0.1, -0.05) is 24.8 Å². The molecule has 8 heteroatoms. The maximum absolute atomic E-state index is 12.5. The molecule has 0 spiro atoms. The fourth-order valence-corrected chi connectivity index (χ4v) is 4.53. The Hall–Kier alpha value is -1.93. The van der Waals surface area contributed by atoms with Crippen molar-refractivity contribution in [2.75, 3.05) is 19.6 Å². The molecule has 2 N–H and O–H groups in total. The molecule has 0 saturated carbocycles. The second-order valence-corrected chi connectivity index (χ2v) is 7.90. The third-order valence-corrected chi connectivity index (χ3v) is 6.00. The molecule has 2 aliphatic rings. The number of carboxylic acids is 1. The minimum atomic E-state index is -2.12. The first-order valence-corrected chi connectivity index (χ1v) is 10.3. The van der Waals surface area contributed by atoms with Gasteiger partial charge in [-0.15, -0.1) is 0 Å². The van der Waals surface area contributed by atoms with Gasteiger partial charge in [0.05, 0.1) is 11.6 Å². The molecule has 0 aromatic heterocycles. The van der Waals surface area contributed by atoms with Crippen LogP contribution < -0.4 is 0 Å². The fraction of sp³-hybridized carbons (Fsp3) is 0.579. The molecule has 0 radical (unpaired) electrons. The van der Waals surface area contributed by atoms with Crippen LogP contribution in [0.5, 0.6) is 0 Å². The number of carbonyl (C=O) groups excluding carboxylic acids is 1. The third-order valence-electron chi connectivity index (χ3n) is 5.27. The Kier molecular flexibility index (Phi) is 7.79. The minimum Gasteiger partial charge on any atom is -0.481 e. The third kappa shape index (κ3) is 5.52. The average molecular weight is 397 g/mol. The molecular formula is C19H28N2O5S. The highest BCUT2D eigenvalue weighted by molar-refractivity contribution is 7.76. The number of hydrogen-bond acceptors (Lipinski definition) is 3. The molecule has 7 nitrogen and oxygen atoms in total. The number of carboxylic acid groups (broad SMARTS) is 1. The number of hydrogen-bond donors (Lipinski definition) is 2. The first-order chi connectivity index (χ1) is 12.9. The normalized spacial score (nSPS) is 25.6. The lowest BCUT2D eigenvalue weighted by Crippen LogP contribution is -2.41. The van der Waals surface area contributed by atoms with Crippen LogP contribution in [-0.2, 0) is 20.9 Å². The van der Waals surface area contributed by atoms with E-state index >= 15 is 0 Å². The Morgan fingerprint density at radius 3 is 2.52 bits per heavy atom. The number of aliphatic carboxylic acids is 1. The molecule has 2 fully saturated rings. The van der Waals surface area contributed by atoms with E-state index in [0.29, 0.717) is 45.3 Å². The lowest BCUT2D eigenvalue weighted by Gasteiger charge is -2.36. The Morgan fingerprint density at radius 2 is 2.00 bits per heavy atom. The number of carbonyl (C=O) groups is 2. The number of rotatable bonds is 6. The van der Waals surface area contributed by atoms with Gasteiger partial charge >= 0.3 is 5.97 Å². The van der Waals surface area contributed by atoms with Crippen molar-refractivity contribution >= 4 is 23.1 Å². The highest BCUT2D eigenvalue weighted by atomic mass is 32.2. The highest BCUT2D eigenvalue weighted by Gasteiger charge is 2.31. The summed E-state index contributed by atoms with van der Waals surface area (Å²) in [5, 5.41) is 9.05. The van der Waals surface area contributed by atoms with Crippen LogP contribution in [-0.4, -0.2) is 54.6 Å². The van der Waals surface area contributed by atoms with E-state index in [2.05, 4.69) is 6.58 Å². The number of likely N-dealkylation sites (tertiary alicyclic amines) is 1. The number of allylic oxidation sites excluding steroid dienone is 4. The second kappa shape index (κ2) is 9.85. The van der Waals surface area contributed by atoms with Gasteiger partial charge in [0.25, 0.3) is 11.3 Å². The zero-order valence-corrected chi connectivity index (χ0v) is 16.5.